The SMILES string of the molecule is CCCCCCC(C)NC(=O)c1cccc(C)c1O. The predicted octanol–water partition coefficient (Wildman–Crippen LogP) is 3.79. The quantitative estimate of drug-likeness (QED) is 0.735. The maximum absolute atomic E-state index is 12.0. The molecule has 0 heterocycles. The van der Waals surface area contributed by atoms with Crippen LogP contribution in [-0.2, 0) is 0 Å². The normalized spacial score (nSPS) is 12.2. The molecule has 19 heavy (non-hydrogen) atoms. The standard InChI is InChI=1S/C16H25NO2/c1-4-5-6-7-10-13(3)17-16(19)14-11-8-9-12(2)15(14)18/h8-9,11,13,18H,4-7,10H2,1-3H3,(H,17,19). The van der Waals surface area contributed by atoms with E-state index >= 15 is 0 Å². The van der Waals surface area contributed by atoms with Gasteiger partial charge in [0, 0.05) is 6.04 Å². The molecule has 0 saturated carbocycles. The molecule has 0 fully saturated rings. The number of hydrogen-bond acceptors (Lipinski definition) is 2. The van der Waals surface area contributed by atoms with E-state index in [0.29, 0.717) is 5.56 Å². The highest BCUT2D eigenvalue weighted by atomic mass is 16.3. The lowest BCUT2D eigenvalue weighted by Crippen LogP contribution is -2.32. The van der Waals surface area contributed by atoms with Crippen molar-refractivity contribution < 1.29 is 9.90 Å². The average molecular weight is 263 g/mol. The molecule has 0 bridgehead atoms. The second kappa shape index (κ2) is 7.82. The molecule has 1 unspecified atom stereocenters. The highest BCUT2D eigenvalue weighted by Gasteiger charge is 2.14. The summed E-state index contributed by atoms with van der Waals surface area (Å²) in [7, 11) is 0. The molecule has 0 aromatic heterocycles. The van der Waals surface area contributed by atoms with E-state index in [2.05, 4.69) is 12.2 Å². The fraction of sp³-hybridized carbons (Fsp3) is 0.562. The predicted molar refractivity (Wildman–Crippen MR) is 78.5 cm³/mol. The zero-order valence-electron chi connectivity index (χ0n) is 12.2. The van der Waals surface area contributed by atoms with Crippen LogP contribution >= 0.6 is 0 Å². The Morgan fingerprint density at radius 1 is 1.32 bits per heavy atom. The summed E-state index contributed by atoms with van der Waals surface area (Å²) >= 11 is 0. The van der Waals surface area contributed by atoms with Crippen LogP contribution in [0.1, 0.15) is 61.9 Å². The first-order chi connectivity index (χ1) is 9.06. The summed E-state index contributed by atoms with van der Waals surface area (Å²) in [5.74, 6) is -0.109. The summed E-state index contributed by atoms with van der Waals surface area (Å²) in [5, 5.41) is 12.8. The lowest BCUT2D eigenvalue weighted by molar-refractivity contribution is 0.0935. The van der Waals surface area contributed by atoms with Crippen LogP contribution in [0.5, 0.6) is 5.75 Å². The van der Waals surface area contributed by atoms with E-state index in [1.54, 1.807) is 25.1 Å². The number of para-hydroxylation sites is 1. The Morgan fingerprint density at radius 3 is 2.74 bits per heavy atom. The number of hydrogen-bond donors (Lipinski definition) is 2. The molecule has 106 valence electrons. The van der Waals surface area contributed by atoms with Crippen molar-refractivity contribution in [3.05, 3.63) is 29.3 Å². The number of amides is 1. The van der Waals surface area contributed by atoms with Gasteiger partial charge < -0.3 is 10.4 Å². The lowest BCUT2D eigenvalue weighted by Gasteiger charge is -2.14. The first-order valence-electron chi connectivity index (χ1n) is 7.15. The molecule has 1 aromatic rings. The van der Waals surface area contributed by atoms with Crippen molar-refractivity contribution in [3.8, 4) is 5.75 Å². The third-order valence-corrected chi connectivity index (χ3v) is 3.35. The molecule has 0 spiro atoms. The smallest absolute Gasteiger partial charge is 0.255 e. The third-order valence-electron chi connectivity index (χ3n) is 3.35. The van der Waals surface area contributed by atoms with Crippen molar-refractivity contribution in [1.82, 2.24) is 5.32 Å². The number of phenolic OH excluding ortho intramolecular Hbond substituents is 1. The summed E-state index contributed by atoms with van der Waals surface area (Å²) in [6, 6.07) is 5.38. The van der Waals surface area contributed by atoms with Crippen LogP contribution in [0.25, 0.3) is 0 Å². The number of phenols is 1. The van der Waals surface area contributed by atoms with Crippen molar-refractivity contribution in [2.45, 2.75) is 58.9 Å². The van der Waals surface area contributed by atoms with Crippen molar-refractivity contribution >= 4 is 5.91 Å². The Bertz CT molecular complexity index is 415. The number of aryl methyl sites for hydroxylation is 1. The summed E-state index contributed by atoms with van der Waals surface area (Å²) < 4.78 is 0. The average Bonchev–Trinajstić information content (AvgIpc) is 2.38. The molecule has 0 aliphatic carbocycles. The number of carbonyl (C=O) groups excluding carboxylic acids is 1. The van der Waals surface area contributed by atoms with E-state index in [4.69, 9.17) is 0 Å². The third kappa shape index (κ3) is 4.93. The highest BCUT2D eigenvalue weighted by Crippen LogP contribution is 2.21. The lowest BCUT2D eigenvalue weighted by atomic mass is 10.1. The van der Waals surface area contributed by atoms with Crippen molar-refractivity contribution in [2.24, 2.45) is 0 Å². The molecule has 0 radical (unpaired) electrons. The zero-order chi connectivity index (χ0) is 14.3. The van der Waals surface area contributed by atoms with Gasteiger partial charge in [-0.05, 0) is 31.9 Å². The van der Waals surface area contributed by atoms with Gasteiger partial charge in [0.1, 0.15) is 5.75 Å². The number of nitrogens with one attached hydrogen (secondary N) is 1. The monoisotopic (exact) mass is 263 g/mol. The van der Waals surface area contributed by atoms with Crippen molar-refractivity contribution in [3.63, 3.8) is 0 Å². The van der Waals surface area contributed by atoms with Gasteiger partial charge in [0.25, 0.3) is 5.91 Å². The molecule has 3 heteroatoms. The van der Waals surface area contributed by atoms with Crippen molar-refractivity contribution in [2.75, 3.05) is 0 Å². The van der Waals surface area contributed by atoms with Gasteiger partial charge in [-0.3, -0.25) is 4.79 Å². The maximum atomic E-state index is 12.0. The van der Waals surface area contributed by atoms with Gasteiger partial charge in [0.2, 0.25) is 0 Å². The Morgan fingerprint density at radius 2 is 2.05 bits per heavy atom. The van der Waals surface area contributed by atoms with Gasteiger partial charge in [-0.1, -0.05) is 44.7 Å². The first-order valence-corrected chi connectivity index (χ1v) is 7.15. The summed E-state index contributed by atoms with van der Waals surface area (Å²) in [5.41, 5.74) is 1.09. The fourth-order valence-electron chi connectivity index (χ4n) is 2.09. The Labute approximate surface area is 116 Å². The second-order valence-corrected chi connectivity index (χ2v) is 5.19. The van der Waals surface area contributed by atoms with Crippen LogP contribution in [0, 0.1) is 6.92 Å². The summed E-state index contributed by atoms with van der Waals surface area (Å²) in [6.07, 6.45) is 5.80. The number of carbonyl (C=O) groups is 1. The number of aromatic hydroxyl groups is 1. The van der Waals surface area contributed by atoms with E-state index < -0.39 is 0 Å². The van der Waals surface area contributed by atoms with Crippen LogP contribution in [0.4, 0.5) is 0 Å². The van der Waals surface area contributed by atoms with E-state index in [1.807, 2.05) is 6.92 Å². The molecule has 0 aliphatic heterocycles. The molecule has 3 nitrogen and oxygen atoms in total. The Hall–Kier alpha value is -1.51. The Balaban J connectivity index is 2.48. The Kier molecular flexibility index (Phi) is 6.40. The summed E-state index contributed by atoms with van der Waals surface area (Å²) in [6.45, 7) is 5.99. The van der Waals surface area contributed by atoms with Gasteiger partial charge in [0.05, 0.1) is 5.56 Å². The molecular weight excluding hydrogens is 238 g/mol. The topological polar surface area (TPSA) is 49.3 Å². The minimum atomic E-state index is -0.191. The highest BCUT2D eigenvalue weighted by molar-refractivity contribution is 5.97. The fourth-order valence-corrected chi connectivity index (χ4v) is 2.09. The second-order valence-electron chi connectivity index (χ2n) is 5.19. The molecular formula is C16H25NO2. The minimum absolute atomic E-state index is 0.0817. The molecule has 0 aliphatic rings. The minimum Gasteiger partial charge on any atom is -0.507 e. The van der Waals surface area contributed by atoms with Crippen LogP contribution < -0.4 is 5.32 Å². The van der Waals surface area contributed by atoms with Crippen LogP contribution in [-0.4, -0.2) is 17.1 Å². The molecule has 1 rings (SSSR count). The summed E-state index contributed by atoms with van der Waals surface area (Å²) in [4.78, 5) is 12.0. The molecule has 1 aromatic carbocycles. The molecule has 2 N–H and O–H groups in total. The molecule has 0 saturated heterocycles. The molecule has 1 atom stereocenters. The van der Waals surface area contributed by atoms with E-state index in [0.717, 1.165) is 18.4 Å². The van der Waals surface area contributed by atoms with Gasteiger partial charge in [-0.25, -0.2) is 0 Å². The van der Waals surface area contributed by atoms with Crippen LogP contribution in [0.2, 0.25) is 0 Å². The number of unbranched alkanes of at least 4 members (excludes halogenated alkanes) is 3. The first kappa shape index (κ1) is 15.5. The maximum Gasteiger partial charge on any atom is 0.255 e. The number of benzene rings is 1. The van der Waals surface area contributed by atoms with Crippen LogP contribution in [0.3, 0.4) is 0 Å². The van der Waals surface area contributed by atoms with Crippen LogP contribution in [0.15, 0.2) is 18.2 Å². The van der Waals surface area contributed by atoms with Gasteiger partial charge >= 0.3 is 0 Å². The van der Waals surface area contributed by atoms with E-state index in [9.17, 15) is 9.90 Å². The van der Waals surface area contributed by atoms with Gasteiger partial charge in [0.15, 0.2) is 0 Å². The van der Waals surface area contributed by atoms with Gasteiger partial charge in [-0.15, -0.1) is 0 Å². The number of rotatable bonds is 7. The van der Waals surface area contributed by atoms with Gasteiger partial charge in [-0.2, -0.15) is 0 Å². The van der Waals surface area contributed by atoms with E-state index in [-0.39, 0.29) is 17.7 Å². The molecule has 1 amide bonds. The largest absolute Gasteiger partial charge is 0.507 e. The zero-order valence-corrected chi connectivity index (χ0v) is 12.2. The van der Waals surface area contributed by atoms with E-state index in [1.165, 1.54) is 19.3 Å². The van der Waals surface area contributed by atoms with Crippen molar-refractivity contribution in [1.29, 1.82) is 0 Å².